The maximum atomic E-state index is 9.85. The molecular formula is C9H6BrCl3O3. The van der Waals surface area contributed by atoms with E-state index in [0.717, 1.165) is 0 Å². The first-order valence-corrected chi connectivity index (χ1v) is 6.16. The zero-order valence-electron chi connectivity index (χ0n) is 7.71. The van der Waals surface area contributed by atoms with Crippen molar-refractivity contribution in [2.24, 2.45) is 0 Å². The Morgan fingerprint density at radius 1 is 1.25 bits per heavy atom. The monoisotopic (exact) mass is 346 g/mol. The lowest BCUT2D eigenvalue weighted by molar-refractivity contribution is 0.172. The number of aliphatic hydroxyl groups excluding tert-OH is 1. The van der Waals surface area contributed by atoms with Crippen LogP contribution < -0.4 is 9.47 Å². The van der Waals surface area contributed by atoms with Crippen molar-refractivity contribution in [2.45, 2.75) is 9.90 Å². The van der Waals surface area contributed by atoms with Crippen LogP contribution in [0, 0.1) is 0 Å². The van der Waals surface area contributed by atoms with Crippen molar-refractivity contribution < 1.29 is 14.6 Å². The van der Waals surface area contributed by atoms with Crippen LogP contribution in [0.4, 0.5) is 0 Å². The Morgan fingerprint density at radius 2 is 1.81 bits per heavy atom. The molecule has 16 heavy (non-hydrogen) atoms. The number of hydrogen-bond acceptors (Lipinski definition) is 3. The van der Waals surface area contributed by atoms with Gasteiger partial charge in [0.25, 0.3) is 0 Å². The number of benzene rings is 1. The van der Waals surface area contributed by atoms with Gasteiger partial charge < -0.3 is 14.6 Å². The Morgan fingerprint density at radius 3 is 2.38 bits per heavy atom. The average molecular weight is 348 g/mol. The van der Waals surface area contributed by atoms with Crippen LogP contribution in [0.3, 0.4) is 0 Å². The first kappa shape index (κ1) is 12.6. The molecule has 0 radical (unpaired) electrons. The normalized spacial score (nSPS) is 16.3. The van der Waals surface area contributed by atoms with Gasteiger partial charge in [0.15, 0.2) is 11.5 Å². The van der Waals surface area contributed by atoms with Gasteiger partial charge in [-0.2, -0.15) is 0 Å². The molecule has 7 heteroatoms. The second kappa shape index (κ2) is 4.42. The van der Waals surface area contributed by atoms with Crippen molar-refractivity contribution in [2.75, 3.05) is 6.79 Å². The molecule has 0 saturated heterocycles. The predicted octanol–water partition coefficient (Wildman–Crippen LogP) is 3.58. The fourth-order valence-electron chi connectivity index (χ4n) is 1.32. The van der Waals surface area contributed by atoms with E-state index in [4.69, 9.17) is 44.3 Å². The van der Waals surface area contributed by atoms with Crippen molar-refractivity contribution >= 4 is 50.7 Å². The lowest BCUT2D eigenvalue weighted by atomic mass is 10.1. The molecule has 3 nitrogen and oxygen atoms in total. The number of ether oxygens (including phenoxy) is 2. The third kappa shape index (κ3) is 2.36. The van der Waals surface area contributed by atoms with E-state index in [9.17, 15) is 5.11 Å². The fraction of sp³-hybridized carbons (Fsp3) is 0.333. The van der Waals surface area contributed by atoms with Gasteiger partial charge >= 0.3 is 0 Å². The smallest absolute Gasteiger partial charge is 0.231 e. The molecule has 1 atom stereocenters. The summed E-state index contributed by atoms with van der Waals surface area (Å²) in [6, 6.07) is 3.25. The standard InChI is InChI=1S/C9H6BrCl3O3/c10-5-2-7-6(15-3-16-7)1-4(5)8(14)9(11,12)13/h1-2,8,14H,3H2/t8-/m1/s1. The lowest BCUT2D eigenvalue weighted by Gasteiger charge is -2.20. The van der Waals surface area contributed by atoms with Gasteiger partial charge in [-0.3, -0.25) is 0 Å². The second-order valence-corrected chi connectivity index (χ2v) is 6.39. The first-order chi connectivity index (χ1) is 7.39. The molecule has 1 aromatic carbocycles. The Hall–Kier alpha value is 0.130. The van der Waals surface area contributed by atoms with Crippen molar-refractivity contribution in [3.8, 4) is 11.5 Å². The molecule has 0 aromatic heterocycles. The van der Waals surface area contributed by atoms with Crippen molar-refractivity contribution in [1.82, 2.24) is 0 Å². The molecule has 1 N–H and O–H groups in total. The van der Waals surface area contributed by atoms with Crippen molar-refractivity contribution in [3.05, 3.63) is 22.2 Å². The lowest BCUT2D eigenvalue weighted by Crippen LogP contribution is -2.16. The summed E-state index contributed by atoms with van der Waals surface area (Å²) in [7, 11) is 0. The molecule has 0 unspecified atom stereocenters. The van der Waals surface area contributed by atoms with E-state index < -0.39 is 9.90 Å². The van der Waals surface area contributed by atoms with E-state index in [1.54, 1.807) is 12.1 Å². The maximum absolute atomic E-state index is 9.85. The zero-order chi connectivity index (χ0) is 11.9. The zero-order valence-corrected chi connectivity index (χ0v) is 11.6. The van der Waals surface area contributed by atoms with Crippen LogP contribution in [0.15, 0.2) is 16.6 Å². The van der Waals surface area contributed by atoms with Crippen LogP contribution >= 0.6 is 50.7 Å². The van der Waals surface area contributed by atoms with Gasteiger partial charge in [-0.25, -0.2) is 0 Å². The minimum atomic E-state index is -1.80. The van der Waals surface area contributed by atoms with Crippen LogP contribution in [-0.4, -0.2) is 15.7 Å². The van der Waals surface area contributed by atoms with Crippen LogP contribution in [0.1, 0.15) is 11.7 Å². The average Bonchev–Trinajstić information content (AvgIpc) is 2.60. The summed E-state index contributed by atoms with van der Waals surface area (Å²) < 4.78 is 9.14. The Bertz CT molecular complexity index is 419. The molecule has 1 aromatic rings. The van der Waals surface area contributed by atoms with Gasteiger partial charge in [-0.1, -0.05) is 50.7 Å². The molecule has 0 spiro atoms. The highest BCUT2D eigenvalue weighted by molar-refractivity contribution is 9.10. The summed E-state index contributed by atoms with van der Waals surface area (Å²) in [4.78, 5) is 0. The summed E-state index contributed by atoms with van der Waals surface area (Å²) in [6.45, 7) is 0.148. The molecule has 0 saturated carbocycles. The highest BCUT2D eigenvalue weighted by Gasteiger charge is 2.34. The molecule has 2 rings (SSSR count). The molecule has 1 heterocycles. The van der Waals surface area contributed by atoms with E-state index in [-0.39, 0.29) is 6.79 Å². The topological polar surface area (TPSA) is 38.7 Å². The molecule has 88 valence electrons. The van der Waals surface area contributed by atoms with Gasteiger partial charge in [-0.05, 0) is 12.1 Å². The van der Waals surface area contributed by atoms with Gasteiger partial charge in [0.05, 0.1) is 0 Å². The van der Waals surface area contributed by atoms with Gasteiger partial charge in [0, 0.05) is 10.0 Å². The van der Waals surface area contributed by atoms with E-state index in [2.05, 4.69) is 15.9 Å². The Kier molecular flexibility index (Phi) is 3.48. The highest BCUT2D eigenvalue weighted by Crippen LogP contribution is 2.45. The first-order valence-electron chi connectivity index (χ1n) is 4.23. The maximum Gasteiger partial charge on any atom is 0.231 e. The minimum absolute atomic E-state index is 0.148. The van der Waals surface area contributed by atoms with Crippen LogP contribution in [0.25, 0.3) is 0 Å². The van der Waals surface area contributed by atoms with Crippen molar-refractivity contribution in [1.29, 1.82) is 0 Å². The van der Waals surface area contributed by atoms with Crippen molar-refractivity contribution in [3.63, 3.8) is 0 Å². The number of fused-ring (bicyclic) bond motifs is 1. The summed E-state index contributed by atoms with van der Waals surface area (Å²) in [5, 5.41) is 9.85. The summed E-state index contributed by atoms with van der Waals surface area (Å²) in [5.41, 5.74) is 0.434. The highest BCUT2D eigenvalue weighted by atomic mass is 79.9. The molecule has 0 amide bonds. The molecule has 0 fully saturated rings. The quantitative estimate of drug-likeness (QED) is 0.789. The molecule has 1 aliphatic heterocycles. The minimum Gasteiger partial charge on any atom is -0.454 e. The summed E-state index contributed by atoms with van der Waals surface area (Å²) in [6.07, 6.45) is -1.25. The molecular weight excluding hydrogens is 342 g/mol. The molecule has 1 aliphatic rings. The third-order valence-corrected chi connectivity index (χ3v) is 3.40. The predicted molar refractivity (Wildman–Crippen MR) is 65.5 cm³/mol. The number of rotatable bonds is 1. The summed E-state index contributed by atoms with van der Waals surface area (Å²) >= 11 is 20.2. The number of aliphatic hydroxyl groups is 1. The number of hydrogen-bond donors (Lipinski definition) is 1. The van der Waals surface area contributed by atoms with E-state index in [1.165, 1.54) is 0 Å². The van der Waals surface area contributed by atoms with E-state index in [0.29, 0.717) is 21.5 Å². The number of halogens is 4. The van der Waals surface area contributed by atoms with Gasteiger partial charge in [-0.15, -0.1) is 0 Å². The fourth-order valence-corrected chi connectivity index (χ4v) is 2.21. The molecule has 0 aliphatic carbocycles. The molecule has 0 bridgehead atoms. The van der Waals surface area contributed by atoms with E-state index in [1.807, 2.05) is 0 Å². The third-order valence-electron chi connectivity index (χ3n) is 2.10. The van der Waals surface area contributed by atoms with Gasteiger partial charge in [0.1, 0.15) is 6.10 Å². The number of alkyl halides is 3. The van der Waals surface area contributed by atoms with Crippen LogP contribution in [-0.2, 0) is 0 Å². The summed E-state index contributed by atoms with van der Waals surface area (Å²) in [5.74, 6) is 1.11. The Labute approximate surface area is 115 Å². The SMILES string of the molecule is O[C@H](c1cc2c(cc1Br)OCO2)C(Cl)(Cl)Cl. The van der Waals surface area contributed by atoms with E-state index >= 15 is 0 Å². The second-order valence-electron chi connectivity index (χ2n) is 3.17. The van der Waals surface area contributed by atoms with Gasteiger partial charge in [0.2, 0.25) is 10.6 Å². The van der Waals surface area contributed by atoms with Crippen LogP contribution in [0.5, 0.6) is 11.5 Å². The largest absolute Gasteiger partial charge is 0.454 e. The Balaban J connectivity index is 2.42. The van der Waals surface area contributed by atoms with Crippen LogP contribution in [0.2, 0.25) is 0 Å².